The van der Waals surface area contributed by atoms with Crippen molar-refractivity contribution in [3.63, 3.8) is 0 Å². The van der Waals surface area contributed by atoms with Crippen LogP contribution in [0.1, 0.15) is 26.2 Å². The molecule has 0 aliphatic carbocycles. The number of carbonyl (C=O) groups is 1. The van der Waals surface area contributed by atoms with Gasteiger partial charge in [-0.1, -0.05) is 13.3 Å². The molecular formula is C9H19NO4S. The summed E-state index contributed by atoms with van der Waals surface area (Å²) in [6, 6.07) is 0. The molecule has 90 valence electrons. The van der Waals surface area contributed by atoms with Crippen molar-refractivity contribution < 1.29 is 17.9 Å². The van der Waals surface area contributed by atoms with Gasteiger partial charge in [0.05, 0.1) is 19.3 Å². The number of hydrogen-bond donors (Lipinski definition) is 0. The zero-order chi connectivity index (χ0) is 11.9. The van der Waals surface area contributed by atoms with Gasteiger partial charge in [0.25, 0.3) is 0 Å². The van der Waals surface area contributed by atoms with Crippen LogP contribution in [0.3, 0.4) is 0 Å². The average molecular weight is 237 g/mol. The third kappa shape index (κ3) is 5.74. The number of unbranched alkanes of at least 4 members (excludes halogenated alkanes) is 1. The van der Waals surface area contributed by atoms with Crippen LogP contribution >= 0.6 is 0 Å². The normalized spacial score (nSPS) is 11.7. The number of hydrogen-bond acceptors (Lipinski definition) is 4. The molecule has 0 rings (SSSR count). The summed E-state index contributed by atoms with van der Waals surface area (Å²) >= 11 is 0. The number of ether oxygens (including phenoxy) is 1. The van der Waals surface area contributed by atoms with E-state index in [0.717, 1.165) is 6.42 Å². The maximum Gasteiger partial charge on any atom is 0.306 e. The number of sulfonamides is 1. The lowest BCUT2D eigenvalue weighted by atomic mass is 10.4. The summed E-state index contributed by atoms with van der Waals surface area (Å²) in [5.74, 6) is -0.256. The summed E-state index contributed by atoms with van der Waals surface area (Å²) in [6.07, 6.45) is 1.58. The first kappa shape index (κ1) is 14.4. The lowest BCUT2D eigenvalue weighted by Gasteiger charge is -2.15. The standard InChI is InChI=1S/C9H19NO4S/c1-4-5-8-15(12,13)10(2)7-6-9(11)14-3/h4-8H2,1-3H3. The Hall–Kier alpha value is -0.620. The first-order chi connectivity index (χ1) is 6.94. The first-order valence-electron chi connectivity index (χ1n) is 4.95. The highest BCUT2D eigenvalue weighted by Gasteiger charge is 2.17. The van der Waals surface area contributed by atoms with Crippen LogP contribution in [0.2, 0.25) is 0 Å². The molecule has 0 bridgehead atoms. The Morgan fingerprint density at radius 2 is 2.00 bits per heavy atom. The van der Waals surface area contributed by atoms with E-state index in [0.29, 0.717) is 6.42 Å². The molecule has 15 heavy (non-hydrogen) atoms. The summed E-state index contributed by atoms with van der Waals surface area (Å²) < 4.78 is 28.8. The van der Waals surface area contributed by atoms with Crippen LogP contribution in [0.5, 0.6) is 0 Å². The van der Waals surface area contributed by atoms with Crippen LogP contribution in [-0.4, -0.2) is 45.1 Å². The second kappa shape index (κ2) is 6.79. The Morgan fingerprint density at radius 1 is 1.40 bits per heavy atom. The molecule has 0 aromatic heterocycles. The predicted molar refractivity (Wildman–Crippen MR) is 58.0 cm³/mol. The van der Waals surface area contributed by atoms with Crippen LogP contribution in [0.25, 0.3) is 0 Å². The lowest BCUT2D eigenvalue weighted by Crippen LogP contribution is -2.31. The van der Waals surface area contributed by atoms with E-state index < -0.39 is 16.0 Å². The summed E-state index contributed by atoms with van der Waals surface area (Å²) in [4.78, 5) is 10.8. The zero-order valence-corrected chi connectivity index (χ0v) is 10.3. The van der Waals surface area contributed by atoms with Gasteiger partial charge in [0.15, 0.2) is 0 Å². The minimum atomic E-state index is -3.20. The van der Waals surface area contributed by atoms with Crippen molar-refractivity contribution in [3.05, 3.63) is 0 Å². The number of rotatable bonds is 7. The molecule has 0 unspecified atom stereocenters. The Balaban J connectivity index is 4.07. The van der Waals surface area contributed by atoms with Crippen molar-refractivity contribution in [2.24, 2.45) is 0 Å². The van der Waals surface area contributed by atoms with Gasteiger partial charge in [-0.25, -0.2) is 12.7 Å². The van der Waals surface area contributed by atoms with E-state index >= 15 is 0 Å². The molecule has 0 atom stereocenters. The van der Waals surface area contributed by atoms with Crippen LogP contribution in [0.4, 0.5) is 0 Å². The summed E-state index contributed by atoms with van der Waals surface area (Å²) in [5, 5.41) is 0. The van der Waals surface area contributed by atoms with Gasteiger partial charge in [-0.2, -0.15) is 0 Å². The molecule has 0 fully saturated rings. The van der Waals surface area contributed by atoms with E-state index in [9.17, 15) is 13.2 Å². The van der Waals surface area contributed by atoms with E-state index in [1.165, 1.54) is 18.5 Å². The van der Waals surface area contributed by atoms with Crippen LogP contribution in [-0.2, 0) is 19.6 Å². The Kier molecular flexibility index (Phi) is 6.51. The van der Waals surface area contributed by atoms with Crippen molar-refractivity contribution in [2.45, 2.75) is 26.2 Å². The highest BCUT2D eigenvalue weighted by atomic mass is 32.2. The molecule has 0 aliphatic rings. The van der Waals surface area contributed by atoms with Gasteiger partial charge in [0.2, 0.25) is 10.0 Å². The Morgan fingerprint density at radius 3 is 2.47 bits per heavy atom. The minimum absolute atomic E-state index is 0.0956. The number of esters is 1. The molecule has 5 nitrogen and oxygen atoms in total. The minimum Gasteiger partial charge on any atom is -0.469 e. The quantitative estimate of drug-likeness (QED) is 0.609. The maximum atomic E-state index is 11.6. The van der Waals surface area contributed by atoms with Crippen molar-refractivity contribution in [1.82, 2.24) is 4.31 Å². The largest absolute Gasteiger partial charge is 0.469 e. The molecular weight excluding hydrogens is 218 g/mol. The van der Waals surface area contributed by atoms with Crippen LogP contribution in [0, 0.1) is 0 Å². The lowest BCUT2D eigenvalue weighted by molar-refractivity contribution is -0.140. The predicted octanol–water partition coefficient (Wildman–Crippen LogP) is 0.611. The van der Waals surface area contributed by atoms with Crippen LogP contribution in [0.15, 0.2) is 0 Å². The molecule has 0 amide bonds. The average Bonchev–Trinajstić information content (AvgIpc) is 2.22. The molecule has 0 aliphatic heterocycles. The fourth-order valence-corrected chi connectivity index (χ4v) is 2.31. The molecule has 0 aromatic carbocycles. The molecule has 0 aromatic rings. The molecule has 0 heterocycles. The molecule has 6 heteroatoms. The van der Waals surface area contributed by atoms with E-state index in [-0.39, 0.29) is 18.7 Å². The SMILES string of the molecule is CCCCS(=O)(=O)N(C)CCC(=O)OC. The molecule has 0 saturated heterocycles. The first-order valence-corrected chi connectivity index (χ1v) is 6.55. The van der Waals surface area contributed by atoms with Gasteiger partial charge in [-0.05, 0) is 6.42 Å². The van der Waals surface area contributed by atoms with Crippen molar-refractivity contribution in [1.29, 1.82) is 0 Å². The van der Waals surface area contributed by atoms with E-state index in [2.05, 4.69) is 4.74 Å². The maximum absolute atomic E-state index is 11.6. The number of carbonyl (C=O) groups excluding carboxylic acids is 1. The third-order valence-electron chi connectivity index (χ3n) is 2.09. The fraction of sp³-hybridized carbons (Fsp3) is 0.889. The summed E-state index contributed by atoms with van der Waals surface area (Å²) in [6.45, 7) is 2.11. The number of nitrogens with zero attached hydrogens (tertiary/aromatic N) is 1. The van der Waals surface area contributed by atoms with E-state index in [1.807, 2.05) is 6.92 Å². The van der Waals surface area contributed by atoms with Crippen LogP contribution < -0.4 is 0 Å². The second-order valence-electron chi connectivity index (χ2n) is 3.32. The summed E-state index contributed by atoms with van der Waals surface area (Å²) in [7, 11) is -0.435. The molecule has 0 radical (unpaired) electrons. The van der Waals surface area contributed by atoms with E-state index in [1.54, 1.807) is 0 Å². The van der Waals surface area contributed by atoms with Gasteiger partial charge >= 0.3 is 5.97 Å². The molecule has 0 N–H and O–H groups in total. The van der Waals surface area contributed by atoms with E-state index in [4.69, 9.17) is 0 Å². The third-order valence-corrected chi connectivity index (χ3v) is 4.03. The Labute approximate surface area is 91.5 Å². The van der Waals surface area contributed by atoms with Gasteiger partial charge < -0.3 is 4.74 Å². The van der Waals surface area contributed by atoms with Gasteiger partial charge in [-0.15, -0.1) is 0 Å². The van der Waals surface area contributed by atoms with Crippen molar-refractivity contribution >= 4 is 16.0 Å². The number of methoxy groups -OCH3 is 1. The Bertz CT molecular complexity index is 286. The van der Waals surface area contributed by atoms with Gasteiger partial charge in [0.1, 0.15) is 0 Å². The van der Waals surface area contributed by atoms with Gasteiger partial charge in [-0.3, -0.25) is 4.79 Å². The van der Waals surface area contributed by atoms with Crippen molar-refractivity contribution in [2.75, 3.05) is 26.5 Å². The topological polar surface area (TPSA) is 63.7 Å². The fourth-order valence-electron chi connectivity index (χ4n) is 0.972. The second-order valence-corrected chi connectivity index (χ2v) is 5.51. The monoisotopic (exact) mass is 237 g/mol. The molecule has 0 saturated carbocycles. The van der Waals surface area contributed by atoms with Crippen molar-refractivity contribution in [3.8, 4) is 0 Å². The van der Waals surface area contributed by atoms with Gasteiger partial charge in [0, 0.05) is 13.6 Å². The zero-order valence-electron chi connectivity index (χ0n) is 9.52. The smallest absolute Gasteiger partial charge is 0.306 e. The highest BCUT2D eigenvalue weighted by Crippen LogP contribution is 2.03. The highest BCUT2D eigenvalue weighted by molar-refractivity contribution is 7.89. The summed E-state index contributed by atoms with van der Waals surface area (Å²) in [5.41, 5.74) is 0. The molecule has 0 spiro atoms.